The van der Waals surface area contributed by atoms with Gasteiger partial charge in [-0.2, -0.15) is 5.10 Å². The van der Waals surface area contributed by atoms with Crippen LogP contribution in [0.1, 0.15) is 37.2 Å². The van der Waals surface area contributed by atoms with Crippen LogP contribution in [-0.4, -0.2) is 41.8 Å². The van der Waals surface area contributed by atoms with E-state index in [1.165, 1.54) is 24.4 Å². The predicted octanol–water partition coefficient (Wildman–Crippen LogP) is 2.50. The molecule has 5 rings (SSSR count). The van der Waals surface area contributed by atoms with Crippen LogP contribution >= 0.6 is 0 Å². The second kappa shape index (κ2) is 7.91. The number of imidazole rings is 1. The lowest BCUT2D eigenvalue weighted by Crippen LogP contribution is -2.37. The number of likely N-dealkylation sites (tertiary alicyclic amines) is 1. The van der Waals surface area contributed by atoms with Crippen LogP contribution in [0.2, 0.25) is 0 Å². The monoisotopic (exact) mass is 390 g/mol. The first-order chi connectivity index (χ1) is 14.3. The molecule has 0 spiro atoms. The van der Waals surface area contributed by atoms with Gasteiger partial charge in [-0.15, -0.1) is 0 Å². The third-order valence-corrected chi connectivity index (χ3v) is 6.12. The maximum atomic E-state index is 12.5. The average molecular weight is 390 g/mol. The largest absolute Gasteiger partial charge is 0.331 e. The van der Waals surface area contributed by atoms with E-state index in [1.807, 2.05) is 18.3 Å². The summed E-state index contributed by atoms with van der Waals surface area (Å²) in [4.78, 5) is 23.7. The molecule has 2 aliphatic rings. The zero-order chi connectivity index (χ0) is 19.6. The van der Waals surface area contributed by atoms with Crippen molar-refractivity contribution in [3.8, 4) is 11.3 Å². The maximum Gasteiger partial charge on any atom is 0.266 e. The minimum atomic E-state index is -0.0498. The third kappa shape index (κ3) is 3.74. The van der Waals surface area contributed by atoms with Gasteiger partial charge in [0, 0.05) is 55.8 Å². The first kappa shape index (κ1) is 18.2. The van der Waals surface area contributed by atoms with Crippen molar-refractivity contribution in [2.45, 2.75) is 57.8 Å². The SMILES string of the molecule is O=c1ccc(-c2cccnc2)nn1CC1CCCN1Cc1cnc2n1CCCC2. The highest BCUT2D eigenvalue weighted by Crippen LogP contribution is 2.24. The molecule has 3 aromatic rings. The van der Waals surface area contributed by atoms with Gasteiger partial charge in [0.25, 0.3) is 5.56 Å². The summed E-state index contributed by atoms with van der Waals surface area (Å²) in [5.74, 6) is 1.23. The lowest BCUT2D eigenvalue weighted by atomic mass is 10.1. The fraction of sp³-hybridized carbons (Fsp3) is 0.455. The average Bonchev–Trinajstić information content (AvgIpc) is 3.38. The van der Waals surface area contributed by atoms with Crippen molar-refractivity contribution in [2.24, 2.45) is 0 Å². The van der Waals surface area contributed by atoms with Crippen LogP contribution < -0.4 is 5.56 Å². The van der Waals surface area contributed by atoms with Crippen LogP contribution in [0.3, 0.4) is 0 Å². The number of aromatic nitrogens is 5. The summed E-state index contributed by atoms with van der Waals surface area (Å²) in [7, 11) is 0. The molecule has 7 heteroatoms. The molecule has 5 heterocycles. The van der Waals surface area contributed by atoms with Crippen molar-refractivity contribution < 1.29 is 0 Å². The summed E-state index contributed by atoms with van der Waals surface area (Å²) in [6, 6.07) is 7.56. The van der Waals surface area contributed by atoms with E-state index in [9.17, 15) is 4.79 Å². The second-order valence-electron chi connectivity index (χ2n) is 8.02. The number of hydrogen-bond donors (Lipinski definition) is 0. The van der Waals surface area contributed by atoms with Gasteiger partial charge in [-0.25, -0.2) is 9.67 Å². The maximum absolute atomic E-state index is 12.5. The van der Waals surface area contributed by atoms with Crippen LogP contribution in [0.15, 0.2) is 47.7 Å². The van der Waals surface area contributed by atoms with E-state index in [1.54, 1.807) is 29.2 Å². The number of fused-ring (bicyclic) bond motifs is 1. The van der Waals surface area contributed by atoms with Crippen LogP contribution in [-0.2, 0) is 26.1 Å². The molecule has 29 heavy (non-hydrogen) atoms. The number of hydrogen-bond acceptors (Lipinski definition) is 5. The molecule has 0 aromatic carbocycles. The van der Waals surface area contributed by atoms with Crippen LogP contribution in [0.4, 0.5) is 0 Å². The van der Waals surface area contributed by atoms with Crippen molar-refractivity contribution in [1.29, 1.82) is 0 Å². The fourth-order valence-electron chi connectivity index (χ4n) is 4.57. The van der Waals surface area contributed by atoms with Crippen LogP contribution in [0, 0.1) is 0 Å². The van der Waals surface area contributed by atoms with Gasteiger partial charge in [0.15, 0.2) is 0 Å². The summed E-state index contributed by atoms with van der Waals surface area (Å²) in [5.41, 5.74) is 2.96. The molecule has 7 nitrogen and oxygen atoms in total. The van der Waals surface area contributed by atoms with Gasteiger partial charge < -0.3 is 4.57 Å². The van der Waals surface area contributed by atoms with Gasteiger partial charge in [-0.3, -0.25) is 14.7 Å². The van der Waals surface area contributed by atoms with Crippen molar-refractivity contribution in [3.63, 3.8) is 0 Å². The molecule has 1 unspecified atom stereocenters. The summed E-state index contributed by atoms with van der Waals surface area (Å²) in [6.45, 7) is 3.65. The number of nitrogens with zero attached hydrogens (tertiary/aromatic N) is 6. The second-order valence-corrected chi connectivity index (χ2v) is 8.02. The van der Waals surface area contributed by atoms with Gasteiger partial charge in [0.2, 0.25) is 0 Å². The molecule has 3 aromatic heterocycles. The number of rotatable bonds is 5. The van der Waals surface area contributed by atoms with E-state index in [-0.39, 0.29) is 5.56 Å². The molecule has 0 amide bonds. The van der Waals surface area contributed by atoms with E-state index in [2.05, 4.69) is 24.5 Å². The Labute approximate surface area is 170 Å². The molecule has 0 bridgehead atoms. The molecule has 0 radical (unpaired) electrons. The van der Waals surface area contributed by atoms with E-state index in [0.29, 0.717) is 12.6 Å². The molecule has 0 N–H and O–H groups in total. The predicted molar refractivity (Wildman–Crippen MR) is 110 cm³/mol. The zero-order valence-corrected chi connectivity index (χ0v) is 16.6. The molecule has 150 valence electrons. The van der Waals surface area contributed by atoms with E-state index in [4.69, 9.17) is 0 Å². The van der Waals surface area contributed by atoms with Gasteiger partial charge >= 0.3 is 0 Å². The molecule has 2 aliphatic heterocycles. The molecule has 1 atom stereocenters. The highest BCUT2D eigenvalue weighted by Gasteiger charge is 2.27. The Morgan fingerprint density at radius 3 is 2.93 bits per heavy atom. The van der Waals surface area contributed by atoms with Gasteiger partial charge in [0.05, 0.1) is 17.9 Å². The first-order valence-electron chi connectivity index (χ1n) is 10.5. The smallest absolute Gasteiger partial charge is 0.266 e. The normalized spacial score (nSPS) is 19.4. The Morgan fingerprint density at radius 1 is 1.07 bits per heavy atom. The van der Waals surface area contributed by atoms with E-state index < -0.39 is 0 Å². The topological polar surface area (TPSA) is 68.8 Å². The lowest BCUT2D eigenvalue weighted by molar-refractivity contribution is 0.211. The van der Waals surface area contributed by atoms with E-state index in [0.717, 1.165) is 50.2 Å². The molecule has 1 fully saturated rings. The molecular weight excluding hydrogens is 364 g/mol. The summed E-state index contributed by atoms with van der Waals surface area (Å²) < 4.78 is 4.02. The van der Waals surface area contributed by atoms with Crippen molar-refractivity contribution in [1.82, 2.24) is 29.2 Å². The van der Waals surface area contributed by atoms with Crippen molar-refractivity contribution >= 4 is 0 Å². The third-order valence-electron chi connectivity index (χ3n) is 6.12. The Kier molecular flexibility index (Phi) is 4.97. The highest BCUT2D eigenvalue weighted by atomic mass is 16.1. The molecule has 0 saturated carbocycles. The Bertz CT molecular complexity index is 1040. The summed E-state index contributed by atoms with van der Waals surface area (Å²) in [6.07, 6.45) is 11.4. The van der Waals surface area contributed by atoms with Crippen LogP contribution in [0.25, 0.3) is 11.3 Å². The van der Waals surface area contributed by atoms with Gasteiger partial charge in [-0.05, 0) is 50.4 Å². The van der Waals surface area contributed by atoms with E-state index >= 15 is 0 Å². The quantitative estimate of drug-likeness (QED) is 0.670. The zero-order valence-electron chi connectivity index (χ0n) is 16.6. The van der Waals surface area contributed by atoms with Crippen molar-refractivity contribution in [3.05, 3.63) is 64.7 Å². The number of pyridine rings is 1. The Morgan fingerprint density at radius 2 is 2.03 bits per heavy atom. The van der Waals surface area contributed by atoms with Gasteiger partial charge in [0.1, 0.15) is 5.82 Å². The molecular formula is C22H26N6O. The van der Waals surface area contributed by atoms with Crippen molar-refractivity contribution in [2.75, 3.05) is 6.54 Å². The summed E-state index contributed by atoms with van der Waals surface area (Å²) in [5, 5.41) is 4.63. The standard InChI is InChI=1S/C22H26N6O/c29-22-9-8-20(17-5-3-10-23-13-17)25-28(22)16-18-6-4-11-26(18)15-19-14-24-21-7-1-2-12-27(19)21/h3,5,8-10,13-14,18H,1-2,4,6-7,11-12,15-16H2. The van der Waals surface area contributed by atoms with Crippen LogP contribution in [0.5, 0.6) is 0 Å². The lowest BCUT2D eigenvalue weighted by Gasteiger charge is -2.26. The first-order valence-corrected chi connectivity index (χ1v) is 10.5. The molecule has 1 saturated heterocycles. The minimum absolute atomic E-state index is 0.0498. The Balaban J connectivity index is 1.35. The van der Waals surface area contributed by atoms with Gasteiger partial charge in [-0.1, -0.05) is 0 Å². The highest BCUT2D eigenvalue weighted by molar-refractivity contribution is 5.56. The fourth-order valence-corrected chi connectivity index (χ4v) is 4.57. The number of aryl methyl sites for hydroxylation is 1. The Hall–Kier alpha value is -2.80. The molecule has 0 aliphatic carbocycles. The minimum Gasteiger partial charge on any atom is -0.331 e. The summed E-state index contributed by atoms with van der Waals surface area (Å²) >= 11 is 0.